The Kier molecular flexibility index (Phi) is 5.63. The fourth-order valence-corrected chi connectivity index (χ4v) is 3.93. The van der Waals surface area contributed by atoms with Crippen molar-refractivity contribution in [3.63, 3.8) is 0 Å². The average Bonchev–Trinajstić information content (AvgIpc) is 2.48. The molecule has 1 unspecified atom stereocenters. The van der Waals surface area contributed by atoms with Crippen molar-refractivity contribution >= 4 is 33.4 Å². The van der Waals surface area contributed by atoms with E-state index in [1.165, 1.54) is 12.1 Å². The molecule has 0 bridgehead atoms. The molecule has 1 fully saturated rings. The highest BCUT2D eigenvalue weighted by molar-refractivity contribution is 7.99. The van der Waals surface area contributed by atoms with Crippen LogP contribution < -0.4 is 15.4 Å². The topological polar surface area (TPSA) is 87.3 Å². The van der Waals surface area contributed by atoms with Gasteiger partial charge in [0, 0.05) is 30.3 Å². The fraction of sp³-hybridized carbons (Fsp3) is 0.462. The van der Waals surface area contributed by atoms with E-state index in [1.54, 1.807) is 30.8 Å². The summed E-state index contributed by atoms with van der Waals surface area (Å²) in [6, 6.07) is 5.96. The van der Waals surface area contributed by atoms with Crippen molar-refractivity contribution in [1.29, 1.82) is 0 Å². The highest BCUT2D eigenvalue weighted by Gasteiger charge is 2.21. The third kappa shape index (κ3) is 4.44. The Bertz CT molecular complexity index is 581. The highest BCUT2D eigenvalue weighted by Crippen LogP contribution is 2.15. The molecule has 0 spiro atoms. The van der Waals surface area contributed by atoms with Crippen LogP contribution in [0, 0.1) is 0 Å². The summed E-state index contributed by atoms with van der Waals surface area (Å²) in [4.78, 5) is 12.2. The molecule has 116 valence electrons. The summed E-state index contributed by atoms with van der Waals surface area (Å²) >= 11 is 1.74. The zero-order chi connectivity index (χ0) is 15.3. The van der Waals surface area contributed by atoms with Crippen molar-refractivity contribution in [3.05, 3.63) is 24.3 Å². The van der Waals surface area contributed by atoms with Gasteiger partial charge in [-0.2, -0.15) is 11.8 Å². The van der Waals surface area contributed by atoms with E-state index < -0.39 is 10.0 Å². The summed E-state index contributed by atoms with van der Waals surface area (Å²) < 4.78 is 26.0. The second-order valence-electron chi connectivity index (χ2n) is 4.60. The number of rotatable bonds is 5. The van der Waals surface area contributed by atoms with Crippen LogP contribution in [0.25, 0.3) is 0 Å². The van der Waals surface area contributed by atoms with Crippen LogP contribution in [0.3, 0.4) is 0 Å². The lowest BCUT2D eigenvalue weighted by Crippen LogP contribution is -2.46. The number of thioether (sulfide) groups is 1. The molecular weight excluding hydrogens is 310 g/mol. The predicted molar refractivity (Wildman–Crippen MR) is 85.0 cm³/mol. The highest BCUT2D eigenvalue weighted by atomic mass is 32.2. The lowest BCUT2D eigenvalue weighted by molar-refractivity contribution is -0.117. The van der Waals surface area contributed by atoms with Crippen molar-refractivity contribution in [2.24, 2.45) is 0 Å². The minimum atomic E-state index is -3.45. The molecule has 0 saturated carbocycles. The van der Waals surface area contributed by atoms with E-state index in [4.69, 9.17) is 0 Å². The second-order valence-corrected chi connectivity index (χ2v) is 7.51. The molecule has 1 aliphatic rings. The smallest absolute Gasteiger partial charge is 0.242 e. The minimum absolute atomic E-state index is 0.0931. The maximum absolute atomic E-state index is 12.0. The first kappa shape index (κ1) is 16.3. The molecule has 2 rings (SSSR count). The van der Waals surface area contributed by atoms with E-state index in [1.807, 2.05) is 0 Å². The second kappa shape index (κ2) is 7.26. The quantitative estimate of drug-likeness (QED) is 0.737. The molecule has 1 aromatic rings. The lowest BCUT2D eigenvalue weighted by Gasteiger charge is -2.22. The van der Waals surface area contributed by atoms with Gasteiger partial charge in [-0.1, -0.05) is 6.92 Å². The van der Waals surface area contributed by atoms with Crippen molar-refractivity contribution in [1.82, 2.24) is 10.0 Å². The first-order valence-corrected chi connectivity index (χ1v) is 9.38. The number of carbonyl (C=O) groups excluding carboxylic acids is 1. The number of amides is 1. The normalized spacial score (nSPS) is 19.2. The number of benzene rings is 1. The molecule has 1 aliphatic heterocycles. The molecule has 8 heteroatoms. The summed E-state index contributed by atoms with van der Waals surface area (Å²) in [5.74, 6) is 1.67. The molecule has 0 aliphatic carbocycles. The summed E-state index contributed by atoms with van der Waals surface area (Å²) in [6.45, 7) is 2.88. The van der Waals surface area contributed by atoms with Gasteiger partial charge in [0.15, 0.2) is 0 Å². The van der Waals surface area contributed by atoms with Gasteiger partial charge in [0.1, 0.15) is 0 Å². The van der Waals surface area contributed by atoms with E-state index in [-0.39, 0.29) is 16.8 Å². The van der Waals surface area contributed by atoms with Crippen LogP contribution in [-0.2, 0) is 14.8 Å². The first-order chi connectivity index (χ1) is 10.0. The Balaban J connectivity index is 2.00. The van der Waals surface area contributed by atoms with E-state index in [9.17, 15) is 13.2 Å². The summed E-state index contributed by atoms with van der Waals surface area (Å²) in [5.41, 5.74) is 0.591. The number of hydrogen-bond acceptors (Lipinski definition) is 5. The van der Waals surface area contributed by atoms with Crippen molar-refractivity contribution in [2.45, 2.75) is 17.9 Å². The third-order valence-electron chi connectivity index (χ3n) is 3.00. The fourth-order valence-electron chi connectivity index (χ4n) is 1.95. The van der Waals surface area contributed by atoms with Crippen molar-refractivity contribution in [2.75, 3.05) is 29.9 Å². The first-order valence-electron chi connectivity index (χ1n) is 6.74. The Hall–Kier alpha value is -1.09. The van der Waals surface area contributed by atoms with Gasteiger partial charge in [-0.3, -0.25) is 4.79 Å². The van der Waals surface area contributed by atoms with Crippen LogP contribution in [0.5, 0.6) is 0 Å². The number of hydrogen-bond donors (Lipinski definition) is 3. The van der Waals surface area contributed by atoms with Crippen molar-refractivity contribution in [3.8, 4) is 0 Å². The van der Waals surface area contributed by atoms with Gasteiger partial charge in [0.25, 0.3) is 0 Å². The van der Waals surface area contributed by atoms with Gasteiger partial charge in [-0.25, -0.2) is 13.1 Å². The lowest BCUT2D eigenvalue weighted by atomic mass is 10.2. The third-order valence-corrected chi connectivity index (χ3v) is 5.63. The van der Waals surface area contributed by atoms with Crippen LogP contribution in [0.15, 0.2) is 29.2 Å². The molecule has 1 amide bonds. The van der Waals surface area contributed by atoms with Crippen LogP contribution in [0.4, 0.5) is 5.69 Å². The van der Waals surface area contributed by atoms with Crippen LogP contribution >= 0.6 is 11.8 Å². The van der Waals surface area contributed by atoms with Gasteiger partial charge in [0.05, 0.1) is 10.9 Å². The molecule has 0 radical (unpaired) electrons. The van der Waals surface area contributed by atoms with Crippen LogP contribution in [0.2, 0.25) is 0 Å². The van der Waals surface area contributed by atoms with Gasteiger partial charge in [-0.15, -0.1) is 0 Å². The largest absolute Gasteiger partial charge is 0.325 e. The molecule has 0 aromatic heterocycles. The molecule has 1 saturated heterocycles. The van der Waals surface area contributed by atoms with Gasteiger partial charge >= 0.3 is 0 Å². The average molecular weight is 329 g/mol. The standard InChI is InChI=1S/C13H19N3O3S2/c1-2-15-21(18,19)11-5-3-10(4-6-11)16-13(17)12-9-20-8-7-14-12/h3-6,12,14-15H,2,7-9H2,1H3,(H,16,17). The van der Waals surface area contributed by atoms with Crippen LogP contribution in [0.1, 0.15) is 6.92 Å². The minimum Gasteiger partial charge on any atom is -0.325 e. The number of carbonyl (C=O) groups is 1. The Labute approximate surface area is 129 Å². The molecule has 1 aromatic carbocycles. The molecule has 1 atom stereocenters. The monoisotopic (exact) mass is 329 g/mol. The Morgan fingerprint density at radius 1 is 1.38 bits per heavy atom. The SMILES string of the molecule is CCNS(=O)(=O)c1ccc(NC(=O)C2CSCCN2)cc1. The number of sulfonamides is 1. The van der Waals surface area contributed by atoms with E-state index in [0.717, 1.165) is 18.1 Å². The van der Waals surface area contributed by atoms with Gasteiger partial charge < -0.3 is 10.6 Å². The van der Waals surface area contributed by atoms with Gasteiger partial charge in [0.2, 0.25) is 15.9 Å². The Morgan fingerprint density at radius 2 is 2.10 bits per heavy atom. The molecule has 21 heavy (non-hydrogen) atoms. The van der Waals surface area contributed by atoms with Gasteiger partial charge in [-0.05, 0) is 24.3 Å². The maximum Gasteiger partial charge on any atom is 0.242 e. The van der Waals surface area contributed by atoms with Crippen LogP contribution in [-0.4, -0.2) is 45.0 Å². The molecular formula is C13H19N3O3S2. The Morgan fingerprint density at radius 3 is 2.67 bits per heavy atom. The summed E-state index contributed by atoms with van der Waals surface area (Å²) in [6.07, 6.45) is 0. The predicted octanol–water partition coefficient (Wildman–Crippen LogP) is 0.628. The van der Waals surface area contributed by atoms with E-state index in [2.05, 4.69) is 15.4 Å². The molecule has 6 nitrogen and oxygen atoms in total. The molecule has 1 heterocycles. The zero-order valence-corrected chi connectivity index (χ0v) is 13.4. The zero-order valence-electron chi connectivity index (χ0n) is 11.8. The molecule has 3 N–H and O–H groups in total. The van der Waals surface area contributed by atoms with E-state index >= 15 is 0 Å². The number of nitrogens with one attached hydrogen (secondary N) is 3. The van der Waals surface area contributed by atoms with Crippen molar-refractivity contribution < 1.29 is 13.2 Å². The summed E-state index contributed by atoms with van der Waals surface area (Å²) in [7, 11) is -3.45. The maximum atomic E-state index is 12.0. The summed E-state index contributed by atoms with van der Waals surface area (Å²) in [5, 5.41) is 5.95. The van der Waals surface area contributed by atoms with E-state index in [0.29, 0.717) is 12.2 Å². The number of anilines is 1.